The summed E-state index contributed by atoms with van der Waals surface area (Å²) in [6.07, 6.45) is 2.21. The smallest absolute Gasteiger partial charge is 0.267 e. The molecule has 1 aromatic heterocycles. The molecule has 24 heavy (non-hydrogen) atoms. The number of aromatic nitrogens is 2. The predicted octanol–water partition coefficient (Wildman–Crippen LogP) is 1.84. The highest BCUT2D eigenvalue weighted by atomic mass is 16.5. The largest absolute Gasteiger partial charge is 0.497 e. The molecule has 1 saturated heterocycles. The Balaban J connectivity index is 1.88. The summed E-state index contributed by atoms with van der Waals surface area (Å²) in [5, 5.41) is 3.13. The Morgan fingerprint density at radius 1 is 1.42 bits per heavy atom. The lowest BCUT2D eigenvalue weighted by Crippen LogP contribution is -2.21. The van der Waals surface area contributed by atoms with E-state index >= 15 is 0 Å². The molecule has 2 heterocycles. The van der Waals surface area contributed by atoms with Crippen LogP contribution in [0.1, 0.15) is 23.3 Å². The standard InChI is InChI=1S/C17H20N4O3/c1-23-12-5-2-4-11(8-12)14-9-15(16(18)22)21-17(20-14)19-10-13-6-3-7-24-13/h2,4-5,8-9,13H,3,6-7,10H2,1H3,(H2,18,22)(H,19,20,21). The lowest BCUT2D eigenvalue weighted by Gasteiger charge is -2.12. The van der Waals surface area contributed by atoms with E-state index in [-0.39, 0.29) is 11.8 Å². The number of nitrogens with two attached hydrogens (primary N) is 1. The first-order valence-electron chi connectivity index (χ1n) is 7.84. The monoisotopic (exact) mass is 328 g/mol. The normalized spacial score (nSPS) is 16.8. The van der Waals surface area contributed by atoms with Crippen molar-refractivity contribution in [1.29, 1.82) is 0 Å². The SMILES string of the molecule is COc1cccc(-c2cc(C(N)=O)nc(NCC3CCCO3)n2)c1. The van der Waals surface area contributed by atoms with Gasteiger partial charge in [0, 0.05) is 18.7 Å². The summed E-state index contributed by atoms with van der Waals surface area (Å²) in [4.78, 5) is 20.2. The molecule has 7 nitrogen and oxygen atoms in total. The van der Waals surface area contributed by atoms with E-state index in [1.165, 1.54) is 0 Å². The van der Waals surface area contributed by atoms with Gasteiger partial charge in [-0.1, -0.05) is 12.1 Å². The van der Waals surface area contributed by atoms with E-state index in [4.69, 9.17) is 15.2 Å². The highest BCUT2D eigenvalue weighted by molar-refractivity contribution is 5.92. The van der Waals surface area contributed by atoms with Crippen LogP contribution in [0.3, 0.4) is 0 Å². The van der Waals surface area contributed by atoms with Gasteiger partial charge in [0.05, 0.1) is 18.9 Å². The van der Waals surface area contributed by atoms with Crippen LogP contribution in [0.15, 0.2) is 30.3 Å². The van der Waals surface area contributed by atoms with Crippen molar-refractivity contribution in [2.75, 3.05) is 25.6 Å². The van der Waals surface area contributed by atoms with Crippen molar-refractivity contribution in [3.63, 3.8) is 0 Å². The maximum Gasteiger partial charge on any atom is 0.267 e. The fourth-order valence-corrected chi connectivity index (χ4v) is 2.59. The van der Waals surface area contributed by atoms with Crippen molar-refractivity contribution >= 4 is 11.9 Å². The number of carbonyl (C=O) groups excluding carboxylic acids is 1. The molecule has 0 bridgehead atoms. The third-order valence-electron chi connectivity index (χ3n) is 3.86. The van der Waals surface area contributed by atoms with Gasteiger partial charge in [0.15, 0.2) is 0 Å². The predicted molar refractivity (Wildman–Crippen MR) is 90.0 cm³/mol. The van der Waals surface area contributed by atoms with Gasteiger partial charge in [0.1, 0.15) is 11.4 Å². The number of primary amides is 1. The van der Waals surface area contributed by atoms with Crippen LogP contribution in [0.5, 0.6) is 5.75 Å². The van der Waals surface area contributed by atoms with Gasteiger partial charge in [-0.2, -0.15) is 0 Å². The number of carbonyl (C=O) groups is 1. The first-order chi connectivity index (χ1) is 11.7. The lowest BCUT2D eigenvalue weighted by molar-refractivity contribution is 0.0995. The van der Waals surface area contributed by atoms with Crippen LogP contribution in [0.4, 0.5) is 5.95 Å². The van der Waals surface area contributed by atoms with Crippen molar-refractivity contribution in [3.8, 4) is 17.0 Å². The molecule has 1 aliphatic rings. The van der Waals surface area contributed by atoms with E-state index in [1.807, 2.05) is 24.3 Å². The number of methoxy groups -OCH3 is 1. The maximum absolute atomic E-state index is 11.6. The first kappa shape index (κ1) is 16.2. The lowest BCUT2D eigenvalue weighted by atomic mass is 10.1. The average Bonchev–Trinajstić information content (AvgIpc) is 3.13. The Hall–Kier alpha value is -2.67. The third-order valence-corrected chi connectivity index (χ3v) is 3.86. The second-order valence-electron chi connectivity index (χ2n) is 5.57. The number of rotatable bonds is 6. The van der Waals surface area contributed by atoms with Crippen LogP contribution >= 0.6 is 0 Å². The number of nitrogens with zero attached hydrogens (tertiary/aromatic N) is 2. The Morgan fingerprint density at radius 2 is 2.29 bits per heavy atom. The van der Waals surface area contributed by atoms with Gasteiger partial charge in [-0.15, -0.1) is 0 Å². The quantitative estimate of drug-likeness (QED) is 0.839. The topological polar surface area (TPSA) is 99.4 Å². The maximum atomic E-state index is 11.6. The van der Waals surface area contributed by atoms with Crippen LogP contribution in [-0.4, -0.2) is 42.2 Å². The first-order valence-corrected chi connectivity index (χ1v) is 7.84. The number of amides is 1. The van der Waals surface area contributed by atoms with E-state index in [0.29, 0.717) is 23.9 Å². The Kier molecular flexibility index (Phi) is 4.90. The zero-order chi connectivity index (χ0) is 16.9. The van der Waals surface area contributed by atoms with Crippen LogP contribution in [0.25, 0.3) is 11.3 Å². The molecule has 2 aromatic rings. The fourth-order valence-electron chi connectivity index (χ4n) is 2.59. The summed E-state index contributed by atoms with van der Waals surface area (Å²) in [5.74, 6) is 0.474. The van der Waals surface area contributed by atoms with E-state index in [0.717, 1.165) is 25.0 Å². The number of hydrogen-bond donors (Lipinski definition) is 2. The minimum Gasteiger partial charge on any atom is -0.497 e. The molecule has 7 heteroatoms. The fraction of sp³-hybridized carbons (Fsp3) is 0.353. The molecule has 1 fully saturated rings. The summed E-state index contributed by atoms with van der Waals surface area (Å²) in [5.41, 5.74) is 6.99. The minimum atomic E-state index is -0.596. The zero-order valence-corrected chi connectivity index (χ0v) is 13.5. The molecule has 1 unspecified atom stereocenters. The molecule has 0 spiro atoms. The Morgan fingerprint density at radius 3 is 3.00 bits per heavy atom. The van der Waals surface area contributed by atoms with Gasteiger partial charge >= 0.3 is 0 Å². The molecule has 3 rings (SSSR count). The number of nitrogens with one attached hydrogen (secondary N) is 1. The van der Waals surface area contributed by atoms with Crippen molar-refractivity contribution < 1.29 is 14.3 Å². The molecule has 126 valence electrons. The van der Waals surface area contributed by atoms with E-state index in [9.17, 15) is 4.79 Å². The van der Waals surface area contributed by atoms with Crippen LogP contribution in [0, 0.1) is 0 Å². The molecular weight excluding hydrogens is 308 g/mol. The molecule has 1 aromatic carbocycles. The second kappa shape index (κ2) is 7.27. The molecule has 1 atom stereocenters. The second-order valence-corrected chi connectivity index (χ2v) is 5.57. The summed E-state index contributed by atoms with van der Waals surface area (Å²) < 4.78 is 10.8. The van der Waals surface area contributed by atoms with Crippen LogP contribution in [0.2, 0.25) is 0 Å². The number of hydrogen-bond acceptors (Lipinski definition) is 6. The number of ether oxygens (including phenoxy) is 2. The highest BCUT2D eigenvalue weighted by Crippen LogP contribution is 2.24. The van der Waals surface area contributed by atoms with Gasteiger partial charge in [0.2, 0.25) is 5.95 Å². The molecule has 3 N–H and O–H groups in total. The van der Waals surface area contributed by atoms with Gasteiger partial charge < -0.3 is 20.5 Å². The molecular formula is C17H20N4O3. The van der Waals surface area contributed by atoms with Crippen molar-refractivity contribution in [2.24, 2.45) is 5.73 Å². The molecule has 1 amide bonds. The average molecular weight is 328 g/mol. The van der Waals surface area contributed by atoms with Gasteiger partial charge in [-0.05, 0) is 31.0 Å². The van der Waals surface area contributed by atoms with Gasteiger partial charge in [-0.3, -0.25) is 4.79 Å². The van der Waals surface area contributed by atoms with E-state index < -0.39 is 5.91 Å². The minimum absolute atomic E-state index is 0.145. The summed E-state index contributed by atoms with van der Waals surface area (Å²) in [6, 6.07) is 9.01. The van der Waals surface area contributed by atoms with Crippen molar-refractivity contribution in [1.82, 2.24) is 9.97 Å². The molecule has 0 aliphatic carbocycles. The van der Waals surface area contributed by atoms with Gasteiger partial charge in [-0.25, -0.2) is 9.97 Å². The summed E-state index contributed by atoms with van der Waals surface area (Å²) >= 11 is 0. The van der Waals surface area contributed by atoms with Gasteiger partial charge in [0.25, 0.3) is 5.91 Å². The Labute approximate surface area is 140 Å². The number of benzene rings is 1. The Bertz CT molecular complexity index is 730. The van der Waals surface area contributed by atoms with E-state index in [2.05, 4.69) is 15.3 Å². The van der Waals surface area contributed by atoms with E-state index in [1.54, 1.807) is 13.2 Å². The third kappa shape index (κ3) is 3.80. The summed E-state index contributed by atoms with van der Waals surface area (Å²) in [6.45, 7) is 1.38. The highest BCUT2D eigenvalue weighted by Gasteiger charge is 2.16. The van der Waals surface area contributed by atoms with Crippen LogP contribution < -0.4 is 15.8 Å². The van der Waals surface area contributed by atoms with Crippen LogP contribution in [-0.2, 0) is 4.74 Å². The van der Waals surface area contributed by atoms with Crippen molar-refractivity contribution in [3.05, 3.63) is 36.0 Å². The summed E-state index contributed by atoms with van der Waals surface area (Å²) in [7, 11) is 1.60. The molecule has 1 aliphatic heterocycles. The molecule has 0 radical (unpaired) electrons. The zero-order valence-electron chi connectivity index (χ0n) is 13.5. The molecule has 0 saturated carbocycles. The number of anilines is 1. The van der Waals surface area contributed by atoms with Crippen molar-refractivity contribution in [2.45, 2.75) is 18.9 Å².